The van der Waals surface area contributed by atoms with E-state index in [4.69, 9.17) is 0 Å². The van der Waals surface area contributed by atoms with Crippen molar-refractivity contribution in [3.05, 3.63) is 87.7 Å². The maximum absolute atomic E-state index is 13.3. The fourth-order valence-electron chi connectivity index (χ4n) is 3.61. The Morgan fingerprint density at radius 2 is 1.84 bits per heavy atom. The van der Waals surface area contributed by atoms with Crippen LogP contribution in [0.25, 0.3) is 16.6 Å². The van der Waals surface area contributed by atoms with Crippen molar-refractivity contribution in [2.45, 2.75) is 39.8 Å². The van der Waals surface area contributed by atoms with Gasteiger partial charge in [-0.3, -0.25) is 9.59 Å². The highest BCUT2D eigenvalue weighted by Crippen LogP contribution is 2.24. The van der Waals surface area contributed by atoms with Gasteiger partial charge in [0.2, 0.25) is 5.91 Å². The number of halogens is 1. The Hall–Kier alpha value is -3.81. The van der Waals surface area contributed by atoms with E-state index in [1.807, 2.05) is 45.0 Å². The van der Waals surface area contributed by atoms with E-state index in [0.717, 1.165) is 16.8 Å². The van der Waals surface area contributed by atoms with Crippen LogP contribution in [0.15, 0.2) is 59.5 Å². The topological polar surface area (TPSA) is 81.8 Å². The molecule has 0 aliphatic carbocycles. The molecule has 0 spiro atoms. The Kier molecular flexibility index (Phi) is 5.85. The molecule has 0 saturated carbocycles. The van der Waals surface area contributed by atoms with Crippen molar-refractivity contribution < 1.29 is 9.18 Å². The summed E-state index contributed by atoms with van der Waals surface area (Å²) >= 11 is 0. The fourth-order valence-corrected chi connectivity index (χ4v) is 3.61. The lowest BCUT2D eigenvalue weighted by Gasteiger charge is -2.13. The van der Waals surface area contributed by atoms with Crippen LogP contribution in [0.5, 0.6) is 0 Å². The molecule has 0 saturated heterocycles. The summed E-state index contributed by atoms with van der Waals surface area (Å²) < 4.78 is 15.9. The maximum Gasteiger partial charge on any atom is 0.293 e. The lowest BCUT2D eigenvalue weighted by Crippen LogP contribution is -2.34. The molecule has 2 aromatic carbocycles. The molecule has 0 aliphatic heterocycles. The summed E-state index contributed by atoms with van der Waals surface area (Å²) in [6, 6.07) is 13.5. The van der Waals surface area contributed by atoms with Crippen molar-refractivity contribution in [3.8, 4) is 5.69 Å². The highest BCUT2D eigenvalue weighted by atomic mass is 19.1. The normalized spacial score (nSPS) is 11.3. The first kappa shape index (κ1) is 21.4. The lowest BCUT2D eigenvalue weighted by atomic mass is 10.1. The molecule has 4 rings (SSSR count). The molecule has 8 heteroatoms. The molecule has 1 amide bonds. The molecular formula is C24H24FN5O2. The van der Waals surface area contributed by atoms with Gasteiger partial charge >= 0.3 is 0 Å². The van der Waals surface area contributed by atoms with E-state index in [1.165, 1.54) is 16.8 Å². The van der Waals surface area contributed by atoms with Crippen LogP contribution in [0, 0.1) is 12.7 Å². The number of amides is 1. The first-order chi connectivity index (χ1) is 15.3. The van der Waals surface area contributed by atoms with Crippen LogP contribution in [-0.2, 0) is 17.9 Å². The summed E-state index contributed by atoms with van der Waals surface area (Å²) in [5.41, 5.74) is 3.24. The van der Waals surface area contributed by atoms with E-state index in [0.29, 0.717) is 16.6 Å². The molecule has 4 aromatic rings. The van der Waals surface area contributed by atoms with Gasteiger partial charge in [-0.1, -0.05) is 44.2 Å². The van der Waals surface area contributed by atoms with Crippen LogP contribution in [0.3, 0.4) is 0 Å². The van der Waals surface area contributed by atoms with Crippen molar-refractivity contribution in [1.82, 2.24) is 24.9 Å². The number of benzene rings is 2. The lowest BCUT2D eigenvalue weighted by molar-refractivity contribution is -0.122. The molecule has 1 N–H and O–H groups in total. The van der Waals surface area contributed by atoms with Gasteiger partial charge in [0, 0.05) is 11.9 Å². The molecule has 0 unspecified atom stereocenters. The van der Waals surface area contributed by atoms with Crippen molar-refractivity contribution in [1.29, 1.82) is 0 Å². The van der Waals surface area contributed by atoms with Gasteiger partial charge in [0.05, 0.1) is 17.6 Å². The van der Waals surface area contributed by atoms with Crippen LogP contribution in [0.4, 0.5) is 4.39 Å². The average Bonchev–Trinajstić information content (AvgIpc) is 3.20. The van der Waals surface area contributed by atoms with Gasteiger partial charge in [0.1, 0.15) is 17.9 Å². The predicted molar refractivity (Wildman–Crippen MR) is 120 cm³/mol. The van der Waals surface area contributed by atoms with E-state index in [2.05, 4.69) is 15.5 Å². The fraction of sp³-hybridized carbons (Fsp3) is 0.250. The Bertz CT molecular complexity index is 1340. The number of fused-ring (bicyclic) bond motifs is 1. The molecule has 2 heterocycles. The van der Waals surface area contributed by atoms with Gasteiger partial charge in [-0.05, 0) is 42.2 Å². The second-order valence-electron chi connectivity index (χ2n) is 8.01. The number of hydrogen-bond donors (Lipinski definition) is 1. The highest BCUT2D eigenvalue weighted by molar-refractivity contribution is 5.83. The van der Waals surface area contributed by atoms with E-state index in [-0.39, 0.29) is 36.3 Å². The minimum atomic E-state index is -0.387. The van der Waals surface area contributed by atoms with Gasteiger partial charge in [-0.25, -0.2) is 13.8 Å². The van der Waals surface area contributed by atoms with Gasteiger partial charge < -0.3 is 5.32 Å². The zero-order valence-corrected chi connectivity index (χ0v) is 18.2. The van der Waals surface area contributed by atoms with E-state index < -0.39 is 0 Å². The molecule has 0 fully saturated rings. The number of aryl methyl sites for hydroxylation is 1. The Morgan fingerprint density at radius 3 is 2.53 bits per heavy atom. The molecule has 0 radical (unpaired) electrons. The largest absolute Gasteiger partial charge is 0.350 e. The second-order valence-corrected chi connectivity index (χ2v) is 8.01. The molecule has 0 aliphatic rings. The van der Waals surface area contributed by atoms with Crippen LogP contribution in [-0.4, -0.2) is 25.5 Å². The third-order valence-electron chi connectivity index (χ3n) is 5.30. The molecule has 2 aromatic heterocycles. The summed E-state index contributed by atoms with van der Waals surface area (Å²) in [5, 5.41) is 12.4. The molecule has 164 valence electrons. The smallest absolute Gasteiger partial charge is 0.293 e. The second kappa shape index (κ2) is 8.74. The number of rotatable bonds is 6. The SMILES string of the molecule is Cc1ccccc1-n1ncc2c(C(C)C)nn(CC(=O)NCc3ccc(F)cc3)c(=O)c21. The Balaban J connectivity index is 1.70. The quantitative estimate of drug-likeness (QED) is 0.505. The van der Waals surface area contributed by atoms with Crippen LogP contribution >= 0.6 is 0 Å². The first-order valence-electron chi connectivity index (χ1n) is 10.4. The standard InChI is InChI=1S/C24H24FN5O2/c1-15(2)22-19-13-27-30(20-7-5-4-6-16(20)3)23(19)24(32)29(28-22)14-21(31)26-12-17-8-10-18(25)11-9-17/h4-11,13,15H,12,14H2,1-3H3,(H,26,31). The van der Waals surface area contributed by atoms with Crippen molar-refractivity contribution >= 4 is 16.8 Å². The summed E-state index contributed by atoms with van der Waals surface area (Å²) in [4.78, 5) is 25.9. The van der Waals surface area contributed by atoms with E-state index >= 15 is 0 Å². The third-order valence-corrected chi connectivity index (χ3v) is 5.30. The zero-order valence-electron chi connectivity index (χ0n) is 18.2. The minimum Gasteiger partial charge on any atom is -0.350 e. The number of carbonyl (C=O) groups excluding carboxylic acids is 1. The van der Waals surface area contributed by atoms with Crippen LogP contribution in [0.1, 0.15) is 36.6 Å². The minimum absolute atomic E-state index is 0.0288. The first-order valence-corrected chi connectivity index (χ1v) is 10.4. The molecule has 0 atom stereocenters. The molecule has 7 nitrogen and oxygen atoms in total. The number of para-hydroxylation sites is 1. The summed E-state index contributed by atoms with van der Waals surface area (Å²) in [6.45, 7) is 5.92. The number of nitrogens with zero attached hydrogens (tertiary/aromatic N) is 4. The number of nitrogens with one attached hydrogen (secondary N) is 1. The molecular weight excluding hydrogens is 409 g/mol. The Morgan fingerprint density at radius 1 is 1.12 bits per heavy atom. The zero-order chi connectivity index (χ0) is 22.8. The predicted octanol–water partition coefficient (Wildman–Crippen LogP) is 3.47. The molecule has 32 heavy (non-hydrogen) atoms. The van der Waals surface area contributed by atoms with Crippen molar-refractivity contribution in [2.24, 2.45) is 0 Å². The molecule has 0 bridgehead atoms. The third kappa shape index (κ3) is 4.16. The summed E-state index contributed by atoms with van der Waals surface area (Å²) in [5.74, 6) is -0.670. The van der Waals surface area contributed by atoms with E-state index in [9.17, 15) is 14.0 Å². The number of carbonyl (C=O) groups is 1. The summed E-state index contributed by atoms with van der Waals surface area (Å²) in [6.07, 6.45) is 1.66. The summed E-state index contributed by atoms with van der Waals surface area (Å²) in [7, 11) is 0. The van der Waals surface area contributed by atoms with Crippen LogP contribution in [0.2, 0.25) is 0 Å². The van der Waals surface area contributed by atoms with Crippen molar-refractivity contribution in [2.75, 3.05) is 0 Å². The van der Waals surface area contributed by atoms with Gasteiger partial charge in [-0.15, -0.1) is 0 Å². The maximum atomic E-state index is 13.3. The number of aromatic nitrogens is 4. The van der Waals surface area contributed by atoms with Gasteiger partial charge in [-0.2, -0.15) is 10.2 Å². The monoisotopic (exact) mass is 433 g/mol. The number of hydrogen-bond acceptors (Lipinski definition) is 4. The van der Waals surface area contributed by atoms with Crippen LogP contribution < -0.4 is 10.9 Å². The van der Waals surface area contributed by atoms with Gasteiger partial charge in [0.15, 0.2) is 0 Å². The van der Waals surface area contributed by atoms with E-state index in [1.54, 1.807) is 23.0 Å². The van der Waals surface area contributed by atoms with Gasteiger partial charge in [0.25, 0.3) is 5.56 Å². The Labute approximate surface area is 184 Å². The average molecular weight is 433 g/mol. The highest BCUT2D eigenvalue weighted by Gasteiger charge is 2.20. The van der Waals surface area contributed by atoms with Crippen molar-refractivity contribution in [3.63, 3.8) is 0 Å².